The Bertz CT molecular complexity index is 805. The van der Waals surface area contributed by atoms with E-state index in [9.17, 15) is 9.59 Å². The minimum Gasteiger partial charge on any atom is -0.481 e. The van der Waals surface area contributed by atoms with Gasteiger partial charge in [-0.15, -0.1) is 0 Å². The molecule has 122 valence electrons. The van der Waals surface area contributed by atoms with Gasteiger partial charge in [-0.25, -0.2) is 4.79 Å². The van der Waals surface area contributed by atoms with Crippen molar-refractivity contribution < 1.29 is 19.4 Å². The minimum atomic E-state index is -1.03. The van der Waals surface area contributed by atoms with Gasteiger partial charge in [0.25, 0.3) is 0 Å². The second-order valence-corrected chi connectivity index (χ2v) is 5.73. The number of hydrogen-bond donors (Lipinski definition) is 1. The zero-order chi connectivity index (χ0) is 16.9. The Morgan fingerprint density at radius 2 is 1.83 bits per heavy atom. The summed E-state index contributed by atoms with van der Waals surface area (Å²) in [5.74, 6) is -0.522. The largest absolute Gasteiger partial charge is 0.481 e. The van der Waals surface area contributed by atoms with E-state index in [-0.39, 0.29) is 5.78 Å². The first-order chi connectivity index (χ1) is 11.6. The topological polar surface area (TPSA) is 63.6 Å². The van der Waals surface area contributed by atoms with Crippen LogP contribution in [-0.4, -0.2) is 23.5 Å². The Kier molecular flexibility index (Phi) is 4.75. The van der Waals surface area contributed by atoms with Gasteiger partial charge in [-0.05, 0) is 37.0 Å². The normalized spacial score (nSPS) is 15.7. The molecule has 4 heteroatoms. The van der Waals surface area contributed by atoms with E-state index in [1.54, 1.807) is 12.1 Å². The van der Waals surface area contributed by atoms with Crippen LogP contribution in [0.2, 0.25) is 0 Å². The number of carbonyl (C=O) groups is 2. The van der Waals surface area contributed by atoms with E-state index in [0.717, 1.165) is 35.1 Å². The van der Waals surface area contributed by atoms with E-state index in [2.05, 4.69) is 0 Å². The Balaban J connectivity index is 1.94. The molecule has 0 spiro atoms. The molecule has 0 saturated heterocycles. The summed E-state index contributed by atoms with van der Waals surface area (Å²) in [4.78, 5) is 23.5. The molecule has 1 aliphatic rings. The number of ketones is 1. The SMILES string of the molecule is O=C(O)COc1ccccc1/C=C1\CCCc2ccccc2C1=O. The summed E-state index contributed by atoms with van der Waals surface area (Å²) in [5, 5.41) is 8.78. The molecule has 0 saturated carbocycles. The summed E-state index contributed by atoms with van der Waals surface area (Å²) >= 11 is 0. The molecule has 2 aromatic carbocycles. The van der Waals surface area contributed by atoms with Gasteiger partial charge < -0.3 is 9.84 Å². The van der Waals surface area contributed by atoms with Crippen LogP contribution in [0.3, 0.4) is 0 Å². The van der Waals surface area contributed by atoms with E-state index < -0.39 is 12.6 Å². The number of carboxylic acids is 1. The van der Waals surface area contributed by atoms with E-state index >= 15 is 0 Å². The molecule has 0 aliphatic heterocycles. The summed E-state index contributed by atoms with van der Waals surface area (Å²) in [6.07, 6.45) is 4.31. The van der Waals surface area contributed by atoms with Gasteiger partial charge in [0.1, 0.15) is 5.75 Å². The number of fused-ring (bicyclic) bond motifs is 1. The molecule has 24 heavy (non-hydrogen) atoms. The molecule has 1 N–H and O–H groups in total. The van der Waals surface area contributed by atoms with Crippen molar-refractivity contribution in [1.29, 1.82) is 0 Å². The monoisotopic (exact) mass is 322 g/mol. The third kappa shape index (κ3) is 3.54. The molecule has 0 bridgehead atoms. The highest BCUT2D eigenvalue weighted by Gasteiger charge is 2.19. The molecule has 0 aromatic heterocycles. The molecule has 0 atom stereocenters. The summed E-state index contributed by atoms with van der Waals surface area (Å²) in [5.41, 5.74) is 3.29. The van der Waals surface area contributed by atoms with Crippen LogP contribution < -0.4 is 4.74 Å². The van der Waals surface area contributed by atoms with Gasteiger partial charge in [0.15, 0.2) is 12.4 Å². The fourth-order valence-corrected chi connectivity index (χ4v) is 2.91. The predicted molar refractivity (Wildman–Crippen MR) is 91.3 cm³/mol. The molecular formula is C20H18O4. The standard InChI is InChI=1S/C20H18O4/c21-19(22)13-24-18-11-4-2-7-15(18)12-16-9-5-8-14-6-1-3-10-17(14)20(16)23/h1-4,6-7,10-12H,5,8-9,13H2,(H,21,22)/b16-12+. The van der Waals surface area contributed by atoms with Crippen molar-refractivity contribution in [3.63, 3.8) is 0 Å². The van der Waals surface area contributed by atoms with Crippen LogP contribution in [0.15, 0.2) is 54.1 Å². The van der Waals surface area contributed by atoms with Gasteiger partial charge in [0, 0.05) is 16.7 Å². The molecule has 0 fully saturated rings. The van der Waals surface area contributed by atoms with Crippen LogP contribution >= 0.6 is 0 Å². The number of para-hydroxylation sites is 1. The zero-order valence-electron chi connectivity index (χ0n) is 13.2. The Morgan fingerprint density at radius 3 is 2.67 bits per heavy atom. The summed E-state index contributed by atoms with van der Waals surface area (Å²) < 4.78 is 5.32. The molecular weight excluding hydrogens is 304 g/mol. The van der Waals surface area contributed by atoms with Crippen LogP contribution in [0.5, 0.6) is 5.75 Å². The van der Waals surface area contributed by atoms with Gasteiger partial charge in [-0.1, -0.05) is 42.5 Å². The van der Waals surface area contributed by atoms with Gasteiger partial charge in [-0.2, -0.15) is 0 Å². The molecule has 0 heterocycles. The van der Waals surface area contributed by atoms with Gasteiger partial charge >= 0.3 is 5.97 Å². The highest BCUT2D eigenvalue weighted by atomic mass is 16.5. The Morgan fingerprint density at radius 1 is 1.08 bits per heavy atom. The van der Waals surface area contributed by atoms with Gasteiger partial charge in [-0.3, -0.25) is 4.79 Å². The van der Waals surface area contributed by atoms with Crippen LogP contribution in [0, 0.1) is 0 Å². The number of benzene rings is 2. The maximum Gasteiger partial charge on any atom is 0.341 e. The average Bonchev–Trinajstić information content (AvgIpc) is 2.74. The number of carboxylic acid groups (broad SMARTS) is 1. The van der Waals surface area contributed by atoms with E-state index in [1.165, 1.54) is 0 Å². The summed E-state index contributed by atoms with van der Waals surface area (Å²) in [6, 6.07) is 14.9. The van der Waals surface area contributed by atoms with Crippen LogP contribution in [-0.2, 0) is 11.2 Å². The van der Waals surface area contributed by atoms with Crippen molar-refractivity contribution in [2.75, 3.05) is 6.61 Å². The maximum absolute atomic E-state index is 12.8. The number of allylic oxidation sites excluding steroid dienone is 1. The maximum atomic E-state index is 12.8. The average molecular weight is 322 g/mol. The van der Waals surface area contributed by atoms with E-state index in [1.807, 2.05) is 42.5 Å². The lowest BCUT2D eigenvalue weighted by Gasteiger charge is -2.09. The zero-order valence-corrected chi connectivity index (χ0v) is 13.2. The number of hydrogen-bond acceptors (Lipinski definition) is 3. The lowest BCUT2D eigenvalue weighted by atomic mass is 9.98. The number of rotatable bonds is 4. The van der Waals surface area contributed by atoms with Crippen LogP contribution in [0.1, 0.15) is 34.3 Å². The number of Topliss-reactive ketones (excluding diaryl/α,β-unsaturated/α-hetero) is 1. The van der Waals surface area contributed by atoms with Crippen molar-refractivity contribution in [3.8, 4) is 5.75 Å². The van der Waals surface area contributed by atoms with Crippen molar-refractivity contribution in [1.82, 2.24) is 0 Å². The third-order valence-corrected chi connectivity index (χ3v) is 4.05. The highest BCUT2D eigenvalue weighted by Crippen LogP contribution is 2.28. The second kappa shape index (κ2) is 7.13. The number of aliphatic carboxylic acids is 1. The Hall–Kier alpha value is -2.88. The third-order valence-electron chi connectivity index (χ3n) is 4.05. The van der Waals surface area contributed by atoms with E-state index in [4.69, 9.17) is 9.84 Å². The van der Waals surface area contributed by atoms with E-state index in [0.29, 0.717) is 12.2 Å². The predicted octanol–water partition coefficient (Wildman–Crippen LogP) is 3.75. The lowest BCUT2D eigenvalue weighted by molar-refractivity contribution is -0.139. The molecule has 0 unspecified atom stereocenters. The molecule has 0 radical (unpaired) electrons. The van der Waals surface area contributed by atoms with Gasteiger partial charge in [0.05, 0.1) is 0 Å². The highest BCUT2D eigenvalue weighted by molar-refractivity contribution is 6.12. The quantitative estimate of drug-likeness (QED) is 0.688. The van der Waals surface area contributed by atoms with Crippen molar-refractivity contribution in [2.45, 2.75) is 19.3 Å². The summed E-state index contributed by atoms with van der Waals surface area (Å²) in [7, 11) is 0. The number of ether oxygens (including phenoxy) is 1. The first-order valence-corrected chi connectivity index (χ1v) is 7.92. The molecule has 0 amide bonds. The van der Waals surface area contributed by atoms with Gasteiger partial charge in [0.2, 0.25) is 0 Å². The second-order valence-electron chi connectivity index (χ2n) is 5.73. The van der Waals surface area contributed by atoms with Crippen molar-refractivity contribution in [2.24, 2.45) is 0 Å². The molecule has 2 aromatic rings. The molecule has 1 aliphatic carbocycles. The molecule has 4 nitrogen and oxygen atoms in total. The number of carbonyl (C=O) groups excluding carboxylic acids is 1. The minimum absolute atomic E-state index is 0.0381. The smallest absolute Gasteiger partial charge is 0.341 e. The summed E-state index contributed by atoms with van der Waals surface area (Å²) in [6.45, 7) is -0.406. The fraction of sp³-hybridized carbons (Fsp3) is 0.200. The first-order valence-electron chi connectivity index (χ1n) is 7.92. The lowest BCUT2D eigenvalue weighted by Crippen LogP contribution is -2.10. The number of aryl methyl sites for hydroxylation is 1. The van der Waals surface area contributed by atoms with Crippen molar-refractivity contribution in [3.05, 3.63) is 70.8 Å². The molecule has 3 rings (SSSR count). The Labute approximate surface area is 140 Å². The van der Waals surface area contributed by atoms with Crippen LogP contribution in [0.25, 0.3) is 6.08 Å². The van der Waals surface area contributed by atoms with Crippen LogP contribution in [0.4, 0.5) is 0 Å². The fourth-order valence-electron chi connectivity index (χ4n) is 2.91. The van der Waals surface area contributed by atoms with Crippen molar-refractivity contribution >= 4 is 17.8 Å². The first kappa shape index (κ1) is 16.0.